The minimum Gasteiger partial charge on any atom is -0.348 e. The number of benzene rings is 2. The van der Waals surface area contributed by atoms with Crippen molar-refractivity contribution >= 4 is 11.8 Å². The molecule has 0 aliphatic carbocycles. The molecule has 1 fully saturated rings. The van der Waals surface area contributed by atoms with Crippen molar-refractivity contribution in [2.45, 2.75) is 33.2 Å². The van der Waals surface area contributed by atoms with Gasteiger partial charge in [-0.3, -0.25) is 9.59 Å². The van der Waals surface area contributed by atoms with E-state index in [1.165, 1.54) is 6.42 Å². The number of hydrogen-bond donors (Lipinski definition) is 1. The highest BCUT2D eigenvalue weighted by atomic mass is 16.2. The Bertz CT molecular complexity index is 783. The van der Waals surface area contributed by atoms with Crippen LogP contribution in [-0.4, -0.2) is 29.8 Å². The van der Waals surface area contributed by atoms with E-state index in [9.17, 15) is 9.59 Å². The van der Waals surface area contributed by atoms with Gasteiger partial charge in [-0.05, 0) is 61.1 Å². The largest absolute Gasteiger partial charge is 0.348 e. The minimum atomic E-state index is -0.126. The molecule has 1 aliphatic heterocycles. The van der Waals surface area contributed by atoms with E-state index in [2.05, 4.69) is 12.2 Å². The van der Waals surface area contributed by atoms with Crippen molar-refractivity contribution in [2.75, 3.05) is 13.1 Å². The molecule has 0 radical (unpaired) electrons. The first-order chi connectivity index (χ1) is 12.5. The molecule has 4 heteroatoms. The van der Waals surface area contributed by atoms with E-state index in [1.807, 2.05) is 36.1 Å². The highest BCUT2D eigenvalue weighted by Gasteiger charge is 2.22. The summed E-state index contributed by atoms with van der Waals surface area (Å²) in [6, 6.07) is 15.0. The van der Waals surface area contributed by atoms with Gasteiger partial charge in [0, 0.05) is 30.8 Å². The number of aryl methyl sites for hydroxylation is 1. The van der Waals surface area contributed by atoms with Crippen LogP contribution in [0.25, 0.3) is 0 Å². The SMILES string of the molecule is Cc1ccccc1CNC(=O)c1ccc(C(=O)N2CCCC(C)C2)cc1. The molecule has 1 aliphatic rings. The molecule has 3 rings (SSSR count). The van der Waals surface area contributed by atoms with E-state index in [4.69, 9.17) is 0 Å². The Balaban J connectivity index is 1.60. The molecule has 1 heterocycles. The van der Waals surface area contributed by atoms with Gasteiger partial charge >= 0.3 is 0 Å². The van der Waals surface area contributed by atoms with Crippen LogP contribution >= 0.6 is 0 Å². The Morgan fingerprint density at radius 3 is 2.46 bits per heavy atom. The maximum Gasteiger partial charge on any atom is 0.253 e. The summed E-state index contributed by atoms with van der Waals surface area (Å²) in [5, 5.41) is 2.94. The lowest BCUT2D eigenvalue weighted by molar-refractivity contribution is 0.0682. The fraction of sp³-hybridized carbons (Fsp3) is 0.364. The fourth-order valence-corrected chi connectivity index (χ4v) is 3.41. The first kappa shape index (κ1) is 18.2. The van der Waals surface area contributed by atoms with Gasteiger partial charge in [0.05, 0.1) is 0 Å². The fourth-order valence-electron chi connectivity index (χ4n) is 3.41. The molecule has 4 nitrogen and oxygen atoms in total. The van der Waals surface area contributed by atoms with Crippen molar-refractivity contribution in [3.8, 4) is 0 Å². The molecule has 0 bridgehead atoms. The maximum atomic E-state index is 12.6. The molecule has 0 spiro atoms. The summed E-state index contributed by atoms with van der Waals surface area (Å²) in [6.45, 7) is 6.35. The number of carbonyl (C=O) groups is 2. The predicted molar refractivity (Wildman–Crippen MR) is 103 cm³/mol. The Morgan fingerprint density at radius 2 is 1.77 bits per heavy atom. The maximum absolute atomic E-state index is 12.6. The molecule has 2 amide bonds. The van der Waals surface area contributed by atoms with Crippen LogP contribution in [0.5, 0.6) is 0 Å². The van der Waals surface area contributed by atoms with Crippen LogP contribution in [0.15, 0.2) is 48.5 Å². The summed E-state index contributed by atoms with van der Waals surface area (Å²) in [6.07, 6.45) is 2.25. The summed E-state index contributed by atoms with van der Waals surface area (Å²) < 4.78 is 0. The zero-order chi connectivity index (χ0) is 18.5. The zero-order valence-electron chi connectivity index (χ0n) is 15.5. The van der Waals surface area contributed by atoms with Gasteiger partial charge < -0.3 is 10.2 Å². The van der Waals surface area contributed by atoms with E-state index < -0.39 is 0 Å². The van der Waals surface area contributed by atoms with Crippen LogP contribution in [0, 0.1) is 12.8 Å². The number of piperidine rings is 1. The predicted octanol–water partition coefficient (Wildman–Crippen LogP) is 3.80. The van der Waals surface area contributed by atoms with E-state index in [-0.39, 0.29) is 11.8 Å². The van der Waals surface area contributed by atoms with Crippen LogP contribution in [-0.2, 0) is 6.54 Å². The number of amides is 2. The van der Waals surface area contributed by atoms with Crippen LogP contribution in [0.1, 0.15) is 51.6 Å². The van der Waals surface area contributed by atoms with E-state index in [0.29, 0.717) is 23.6 Å². The van der Waals surface area contributed by atoms with Crippen molar-refractivity contribution in [2.24, 2.45) is 5.92 Å². The summed E-state index contributed by atoms with van der Waals surface area (Å²) in [4.78, 5) is 26.9. The molecule has 1 saturated heterocycles. The minimum absolute atomic E-state index is 0.0587. The number of carbonyl (C=O) groups excluding carboxylic acids is 2. The Labute approximate surface area is 155 Å². The monoisotopic (exact) mass is 350 g/mol. The lowest BCUT2D eigenvalue weighted by Crippen LogP contribution is -2.39. The molecule has 1 atom stereocenters. The van der Waals surface area contributed by atoms with E-state index >= 15 is 0 Å². The second kappa shape index (κ2) is 8.17. The van der Waals surface area contributed by atoms with Crippen molar-refractivity contribution < 1.29 is 9.59 Å². The van der Waals surface area contributed by atoms with Crippen LogP contribution in [0.3, 0.4) is 0 Å². The van der Waals surface area contributed by atoms with Gasteiger partial charge in [0.25, 0.3) is 11.8 Å². The van der Waals surface area contributed by atoms with Crippen molar-refractivity contribution in [1.29, 1.82) is 0 Å². The molecule has 2 aromatic rings. The molecule has 26 heavy (non-hydrogen) atoms. The van der Waals surface area contributed by atoms with E-state index in [1.54, 1.807) is 24.3 Å². The van der Waals surface area contributed by atoms with Crippen molar-refractivity contribution in [1.82, 2.24) is 10.2 Å². The second-order valence-electron chi connectivity index (χ2n) is 7.19. The quantitative estimate of drug-likeness (QED) is 0.912. The Kier molecular flexibility index (Phi) is 5.71. The van der Waals surface area contributed by atoms with Gasteiger partial charge in [-0.25, -0.2) is 0 Å². The van der Waals surface area contributed by atoms with Gasteiger partial charge in [0.2, 0.25) is 0 Å². The third-order valence-electron chi connectivity index (χ3n) is 5.04. The molecular weight excluding hydrogens is 324 g/mol. The lowest BCUT2D eigenvalue weighted by Gasteiger charge is -2.31. The normalized spacial score (nSPS) is 17.0. The molecule has 1 unspecified atom stereocenters. The number of nitrogens with zero attached hydrogens (tertiary/aromatic N) is 1. The molecule has 2 aromatic carbocycles. The summed E-state index contributed by atoms with van der Waals surface area (Å²) in [5.41, 5.74) is 3.48. The zero-order valence-corrected chi connectivity index (χ0v) is 15.5. The molecule has 0 saturated carbocycles. The van der Waals surface area contributed by atoms with Gasteiger partial charge in [-0.15, -0.1) is 0 Å². The van der Waals surface area contributed by atoms with Gasteiger partial charge in [-0.2, -0.15) is 0 Å². The second-order valence-corrected chi connectivity index (χ2v) is 7.19. The molecule has 1 N–H and O–H groups in total. The average Bonchev–Trinajstić information content (AvgIpc) is 2.66. The highest BCUT2D eigenvalue weighted by molar-refractivity contribution is 5.97. The lowest BCUT2D eigenvalue weighted by atomic mass is 9.99. The van der Waals surface area contributed by atoms with Crippen LogP contribution in [0.2, 0.25) is 0 Å². The number of nitrogens with one attached hydrogen (secondary N) is 1. The van der Waals surface area contributed by atoms with E-state index in [0.717, 1.165) is 30.6 Å². The first-order valence-corrected chi connectivity index (χ1v) is 9.26. The number of hydrogen-bond acceptors (Lipinski definition) is 2. The summed E-state index contributed by atoms with van der Waals surface area (Å²) >= 11 is 0. The molecule has 136 valence electrons. The third kappa shape index (κ3) is 4.31. The Morgan fingerprint density at radius 1 is 1.08 bits per heavy atom. The standard InChI is InChI=1S/C22H26N2O2/c1-16-6-5-13-24(15-16)22(26)19-11-9-18(10-12-19)21(25)23-14-20-8-4-3-7-17(20)2/h3-4,7-12,16H,5-6,13-15H2,1-2H3,(H,23,25). The van der Waals surface area contributed by atoms with Gasteiger partial charge in [0.1, 0.15) is 0 Å². The molecular formula is C22H26N2O2. The van der Waals surface area contributed by atoms with Crippen LogP contribution in [0.4, 0.5) is 0 Å². The van der Waals surface area contributed by atoms with Gasteiger partial charge in [-0.1, -0.05) is 31.2 Å². The average molecular weight is 350 g/mol. The van der Waals surface area contributed by atoms with Gasteiger partial charge in [0.15, 0.2) is 0 Å². The van der Waals surface area contributed by atoms with Crippen molar-refractivity contribution in [3.05, 3.63) is 70.8 Å². The summed E-state index contributed by atoms with van der Waals surface area (Å²) in [7, 11) is 0. The smallest absolute Gasteiger partial charge is 0.253 e. The number of likely N-dealkylation sites (tertiary alicyclic amines) is 1. The topological polar surface area (TPSA) is 49.4 Å². The Hall–Kier alpha value is -2.62. The first-order valence-electron chi connectivity index (χ1n) is 9.26. The summed E-state index contributed by atoms with van der Waals surface area (Å²) in [5.74, 6) is 0.487. The number of rotatable bonds is 4. The van der Waals surface area contributed by atoms with Crippen LogP contribution < -0.4 is 5.32 Å². The molecule has 0 aromatic heterocycles. The van der Waals surface area contributed by atoms with Crippen molar-refractivity contribution in [3.63, 3.8) is 0 Å². The highest BCUT2D eigenvalue weighted by Crippen LogP contribution is 2.18. The third-order valence-corrected chi connectivity index (χ3v) is 5.04.